The van der Waals surface area contributed by atoms with Crippen molar-refractivity contribution >= 4 is 0 Å². The van der Waals surface area contributed by atoms with E-state index in [4.69, 9.17) is 10.5 Å². The molecule has 2 nitrogen and oxygen atoms in total. The highest BCUT2D eigenvalue weighted by Crippen LogP contribution is 2.13. The molecule has 0 fully saturated rings. The highest BCUT2D eigenvalue weighted by Gasteiger charge is 2.16. The van der Waals surface area contributed by atoms with Gasteiger partial charge >= 0.3 is 0 Å². The molecule has 0 spiro atoms. The van der Waals surface area contributed by atoms with Gasteiger partial charge in [-0.2, -0.15) is 0 Å². The van der Waals surface area contributed by atoms with E-state index in [9.17, 15) is 0 Å². The molecule has 2 heteroatoms. The number of unbranched alkanes of at least 4 members (excludes halogenated alkanes) is 3. The topological polar surface area (TPSA) is 35.2 Å². The van der Waals surface area contributed by atoms with Crippen LogP contribution in [0.5, 0.6) is 0 Å². The van der Waals surface area contributed by atoms with Crippen LogP contribution in [-0.2, 0) is 4.74 Å². The van der Waals surface area contributed by atoms with Gasteiger partial charge in [-0.3, -0.25) is 0 Å². The van der Waals surface area contributed by atoms with Crippen molar-refractivity contribution in [1.29, 1.82) is 0 Å². The van der Waals surface area contributed by atoms with Gasteiger partial charge in [0.05, 0.1) is 6.10 Å². The second-order valence-corrected chi connectivity index (χ2v) is 4.37. The molecule has 0 rings (SSSR count). The molecule has 0 aromatic rings. The van der Waals surface area contributed by atoms with E-state index in [1.165, 1.54) is 19.3 Å². The van der Waals surface area contributed by atoms with Crippen LogP contribution in [0.25, 0.3) is 0 Å². The smallest absolute Gasteiger partial charge is 0.0725 e. The van der Waals surface area contributed by atoms with Crippen molar-refractivity contribution in [3.63, 3.8) is 0 Å². The Balaban J connectivity index is 3.64. The normalized spacial score (nSPS) is 14.7. The maximum absolute atomic E-state index is 6.16. The summed E-state index contributed by atoms with van der Waals surface area (Å²) in [5.74, 6) is 0. The third kappa shape index (κ3) is 7.89. The molecule has 0 aromatic carbocycles. The lowest BCUT2D eigenvalue weighted by atomic mass is 10.0. The molecular weight excluding hydrogens is 198 g/mol. The summed E-state index contributed by atoms with van der Waals surface area (Å²) < 4.78 is 5.68. The van der Waals surface area contributed by atoms with E-state index in [0.717, 1.165) is 32.3 Å². The van der Waals surface area contributed by atoms with E-state index >= 15 is 0 Å². The van der Waals surface area contributed by atoms with Gasteiger partial charge in [0.25, 0.3) is 0 Å². The number of rotatable bonds is 11. The highest BCUT2D eigenvalue weighted by molar-refractivity contribution is 4.73. The average molecular weight is 227 g/mol. The first kappa shape index (κ1) is 15.7. The van der Waals surface area contributed by atoms with Crippen LogP contribution in [0.15, 0.2) is 12.7 Å². The predicted molar refractivity (Wildman–Crippen MR) is 71.6 cm³/mol. The Bertz CT molecular complexity index is 153. The summed E-state index contributed by atoms with van der Waals surface area (Å²) in [6.07, 6.45) is 10.4. The van der Waals surface area contributed by atoms with E-state index in [1.807, 2.05) is 13.0 Å². The van der Waals surface area contributed by atoms with Crippen molar-refractivity contribution < 1.29 is 4.74 Å². The van der Waals surface area contributed by atoms with E-state index in [0.29, 0.717) is 0 Å². The van der Waals surface area contributed by atoms with Crippen molar-refractivity contribution in [2.45, 2.75) is 70.9 Å². The Morgan fingerprint density at radius 2 is 1.94 bits per heavy atom. The van der Waals surface area contributed by atoms with Gasteiger partial charge in [0.2, 0.25) is 0 Å². The molecule has 0 aliphatic carbocycles. The van der Waals surface area contributed by atoms with Crippen molar-refractivity contribution in [1.82, 2.24) is 0 Å². The molecule has 2 unspecified atom stereocenters. The predicted octanol–water partition coefficient (Wildman–Crippen LogP) is 3.66. The van der Waals surface area contributed by atoms with Crippen molar-refractivity contribution in [3.05, 3.63) is 12.7 Å². The Morgan fingerprint density at radius 1 is 1.19 bits per heavy atom. The first-order valence-electron chi connectivity index (χ1n) is 6.74. The zero-order valence-corrected chi connectivity index (χ0v) is 11.1. The Hall–Kier alpha value is -0.340. The third-order valence-corrected chi connectivity index (χ3v) is 2.88. The largest absolute Gasteiger partial charge is 0.377 e. The van der Waals surface area contributed by atoms with E-state index < -0.39 is 0 Å². The summed E-state index contributed by atoms with van der Waals surface area (Å²) in [6, 6.07) is 0.212. The van der Waals surface area contributed by atoms with Crippen LogP contribution in [0, 0.1) is 0 Å². The molecule has 0 aliphatic rings. The number of nitrogens with two attached hydrogens (primary N) is 1. The van der Waals surface area contributed by atoms with Crippen molar-refractivity contribution in [2.24, 2.45) is 5.73 Å². The molecule has 0 radical (unpaired) electrons. The van der Waals surface area contributed by atoms with E-state index in [2.05, 4.69) is 13.5 Å². The second kappa shape index (κ2) is 11.2. The lowest BCUT2D eigenvalue weighted by molar-refractivity contribution is 0.0352. The van der Waals surface area contributed by atoms with Crippen LogP contribution in [0.1, 0.15) is 58.8 Å². The van der Waals surface area contributed by atoms with Gasteiger partial charge in [-0.15, -0.1) is 6.58 Å². The van der Waals surface area contributed by atoms with Gasteiger partial charge in [-0.1, -0.05) is 32.3 Å². The van der Waals surface area contributed by atoms with Crippen LogP contribution in [0.4, 0.5) is 0 Å². The molecule has 0 aromatic heterocycles. The van der Waals surface area contributed by atoms with Gasteiger partial charge in [-0.05, 0) is 32.6 Å². The maximum atomic E-state index is 6.16. The summed E-state index contributed by atoms with van der Waals surface area (Å²) in [5.41, 5.74) is 6.16. The molecular formula is C14H29NO. The SMILES string of the molecule is C=CCCCCCC(N)C(CCC)OCC. The highest BCUT2D eigenvalue weighted by atomic mass is 16.5. The van der Waals surface area contributed by atoms with Gasteiger partial charge in [0.1, 0.15) is 0 Å². The second-order valence-electron chi connectivity index (χ2n) is 4.37. The van der Waals surface area contributed by atoms with Crippen molar-refractivity contribution in [3.8, 4) is 0 Å². The number of ether oxygens (including phenoxy) is 1. The molecule has 0 saturated carbocycles. The minimum atomic E-state index is 0.212. The zero-order chi connectivity index (χ0) is 12.2. The summed E-state index contributed by atoms with van der Waals surface area (Å²) in [5, 5.41) is 0. The summed E-state index contributed by atoms with van der Waals surface area (Å²) in [6.45, 7) is 8.72. The molecule has 2 N–H and O–H groups in total. The standard InChI is InChI=1S/C14H29NO/c1-4-7-8-9-10-12-13(15)14(11-5-2)16-6-3/h4,13-14H,1,5-12,15H2,2-3H3. The minimum absolute atomic E-state index is 0.212. The molecule has 0 amide bonds. The van der Waals surface area contributed by atoms with Crippen molar-refractivity contribution in [2.75, 3.05) is 6.61 Å². The Labute approximate surface area is 101 Å². The third-order valence-electron chi connectivity index (χ3n) is 2.88. The number of hydrogen-bond acceptors (Lipinski definition) is 2. The van der Waals surface area contributed by atoms with E-state index in [1.54, 1.807) is 0 Å². The minimum Gasteiger partial charge on any atom is -0.377 e. The van der Waals surface area contributed by atoms with E-state index in [-0.39, 0.29) is 12.1 Å². The average Bonchev–Trinajstić information content (AvgIpc) is 2.28. The fourth-order valence-corrected chi connectivity index (χ4v) is 1.95. The molecule has 96 valence electrons. The van der Waals surface area contributed by atoms with Crippen LogP contribution in [0.2, 0.25) is 0 Å². The first-order valence-corrected chi connectivity index (χ1v) is 6.74. The van der Waals surface area contributed by atoms with Gasteiger partial charge in [-0.25, -0.2) is 0 Å². The summed E-state index contributed by atoms with van der Waals surface area (Å²) in [4.78, 5) is 0. The van der Waals surface area contributed by atoms with Crippen LogP contribution in [-0.4, -0.2) is 18.8 Å². The van der Waals surface area contributed by atoms with Crippen LogP contribution >= 0.6 is 0 Å². The summed E-state index contributed by atoms with van der Waals surface area (Å²) >= 11 is 0. The fourth-order valence-electron chi connectivity index (χ4n) is 1.95. The lowest BCUT2D eigenvalue weighted by Gasteiger charge is -2.23. The maximum Gasteiger partial charge on any atom is 0.0725 e. The van der Waals surface area contributed by atoms with Gasteiger partial charge in [0.15, 0.2) is 0 Å². The molecule has 0 saturated heterocycles. The van der Waals surface area contributed by atoms with Gasteiger partial charge < -0.3 is 10.5 Å². The molecule has 0 heterocycles. The number of hydrogen-bond donors (Lipinski definition) is 1. The fraction of sp³-hybridized carbons (Fsp3) is 0.857. The zero-order valence-electron chi connectivity index (χ0n) is 11.1. The monoisotopic (exact) mass is 227 g/mol. The van der Waals surface area contributed by atoms with Crippen LogP contribution in [0.3, 0.4) is 0 Å². The number of allylic oxidation sites excluding steroid dienone is 1. The summed E-state index contributed by atoms with van der Waals surface area (Å²) in [7, 11) is 0. The molecule has 0 bridgehead atoms. The van der Waals surface area contributed by atoms with Gasteiger partial charge in [0, 0.05) is 12.6 Å². The lowest BCUT2D eigenvalue weighted by Crippen LogP contribution is -2.36. The molecule has 2 atom stereocenters. The quantitative estimate of drug-likeness (QED) is 0.432. The molecule has 16 heavy (non-hydrogen) atoms. The first-order chi connectivity index (χ1) is 7.76. The Morgan fingerprint density at radius 3 is 2.50 bits per heavy atom. The molecule has 0 aliphatic heterocycles. The van der Waals surface area contributed by atoms with Crippen LogP contribution < -0.4 is 5.73 Å². The Kier molecular flexibility index (Phi) is 10.9.